The summed E-state index contributed by atoms with van der Waals surface area (Å²) in [4.78, 5) is 2.21. The lowest BCUT2D eigenvalue weighted by Crippen LogP contribution is -2.63. The maximum absolute atomic E-state index is 13.9. The number of nitrogens with one attached hydrogen (secondary N) is 1. The molecule has 1 fully saturated rings. The highest BCUT2D eigenvalue weighted by Crippen LogP contribution is 2.28. The second-order valence-electron chi connectivity index (χ2n) is 5.30. The lowest BCUT2D eigenvalue weighted by molar-refractivity contribution is 0.252. The van der Waals surface area contributed by atoms with E-state index in [-0.39, 0.29) is 11.4 Å². The van der Waals surface area contributed by atoms with E-state index in [9.17, 15) is 4.39 Å². The number of rotatable bonds is 3. The number of anilines is 1. The first-order valence-electron chi connectivity index (χ1n) is 6.88. The Labute approximate surface area is 109 Å². The van der Waals surface area contributed by atoms with E-state index in [0.29, 0.717) is 6.04 Å². The lowest BCUT2D eigenvalue weighted by Gasteiger charge is -2.47. The summed E-state index contributed by atoms with van der Waals surface area (Å²) in [6.07, 6.45) is 2.14. The van der Waals surface area contributed by atoms with E-state index in [2.05, 4.69) is 31.0 Å². The van der Waals surface area contributed by atoms with Crippen molar-refractivity contribution in [2.24, 2.45) is 0 Å². The van der Waals surface area contributed by atoms with Crippen molar-refractivity contribution in [3.05, 3.63) is 30.1 Å². The van der Waals surface area contributed by atoms with Crippen LogP contribution in [0.2, 0.25) is 0 Å². The smallest absolute Gasteiger partial charge is 0.146 e. The van der Waals surface area contributed by atoms with Gasteiger partial charge in [0.25, 0.3) is 0 Å². The zero-order valence-electron chi connectivity index (χ0n) is 11.5. The monoisotopic (exact) mass is 250 g/mol. The number of hydrogen-bond acceptors (Lipinski definition) is 2. The van der Waals surface area contributed by atoms with Crippen molar-refractivity contribution < 1.29 is 4.39 Å². The molecule has 0 spiro atoms. The van der Waals surface area contributed by atoms with E-state index in [1.165, 1.54) is 0 Å². The first-order chi connectivity index (χ1) is 8.62. The van der Waals surface area contributed by atoms with Crippen molar-refractivity contribution in [2.75, 3.05) is 18.0 Å². The Kier molecular flexibility index (Phi) is 3.91. The average molecular weight is 250 g/mol. The van der Waals surface area contributed by atoms with Gasteiger partial charge in [-0.15, -0.1) is 0 Å². The van der Waals surface area contributed by atoms with Gasteiger partial charge in [-0.2, -0.15) is 0 Å². The molecule has 18 heavy (non-hydrogen) atoms. The Balaban J connectivity index is 2.28. The van der Waals surface area contributed by atoms with Crippen molar-refractivity contribution >= 4 is 5.69 Å². The molecule has 0 aliphatic carbocycles. The Morgan fingerprint density at radius 2 is 2.00 bits per heavy atom. The summed E-state index contributed by atoms with van der Waals surface area (Å²) in [5, 5.41) is 3.64. The molecule has 1 atom stereocenters. The van der Waals surface area contributed by atoms with Gasteiger partial charge in [-0.1, -0.05) is 26.0 Å². The Morgan fingerprint density at radius 1 is 1.33 bits per heavy atom. The highest BCUT2D eigenvalue weighted by molar-refractivity contribution is 5.49. The van der Waals surface area contributed by atoms with Gasteiger partial charge >= 0.3 is 0 Å². The molecule has 1 saturated heterocycles. The number of para-hydroxylation sites is 1. The number of benzene rings is 1. The Bertz CT molecular complexity index is 401. The molecule has 0 amide bonds. The second-order valence-corrected chi connectivity index (χ2v) is 5.30. The molecule has 0 bridgehead atoms. The first-order valence-corrected chi connectivity index (χ1v) is 6.88. The largest absolute Gasteiger partial charge is 0.363 e. The third-order valence-corrected chi connectivity index (χ3v) is 4.29. The van der Waals surface area contributed by atoms with Crippen molar-refractivity contribution in [2.45, 2.75) is 45.2 Å². The fourth-order valence-electron chi connectivity index (χ4n) is 2.74. The molecule has 1 N–H and O–H groups in total. The van der Waals surface area contributed by atoms with Gasteiger partial charge in [0, 0.05) is 24.7 Å². The Hall–Kier alpha value is -1.09. The summed E-state index contributed by atoms with van der Waals surface area (Å²) in [6, 6.07) is 7.41. The van der Waals surface area contributed by atoms with Crippen LogP contribution < -0.4 is 10.2 Å². The molecule has 1 aliphatic rings. The topological polar surface area (TPSA) is 15.3 Å². The van der Waals surface area contributed by atoms with Crippen LogP contribution in [0.3, 0.4) is 0 Å². The summed E-state index contributed by atoms with van der Waals surface area (Å²) in [6.45, 7) is 8.34. The van der Waals surface area contributed by atoms with E-state index >= 15 is 0 Å². The maximum Gasteiger partial charge on any atom is 0.146 e. The minimum Gasteiger partial charge on any atom is -0.363 e. The highest BCUT2D eigenvalue weighted by atomic mass is 19.1. The van der Waals surface area contributed by atoms with Gasteiger partial charge in [0.2, 0.25) is 0 Å². The maximum atomic E-state index is 13.9. The molecule has 0 aromatic heterocycles. The van der Waals surface area contributed by atoms with Crippen LogP contribution in [-0.4, -0.2) is 24.7 Å². The van der Waals surface area contributed by atoms with Crippen LogP contribution in [0.15, 0.2) is 24.3 Å². The molecular weight excluding hydrogens is 227 g/mol. The van der Waals surface area contributed by atoms with E-state index in [4.69, 9.17) is 0 Å². The van der Waals surface area contributed by atoms with Crippen LogP contribution in [0.4, 0.5) is 10.1 Å². The summed E-state index contributed by atoms with van der Waals surface area (Å²) in [5.74, 6) is -0.118. The fourth-order valence-corrected chi connectivity index (χ4v) is 2.74. The molecule has 2 nitrogen and oxygen atoms in total. The zero-order valence-corrected chi connectivity index (χ0v) is 11.5. The summed E-state index contributed by atoms with van der Waals surface area (Å²) in [5.41, 5.74) is 0.854. The van der Waals surface area contributed by atoms with Crippen LogP contribution in [0.25, 0.3) is 0 Å². The normalized spacial score (nSPS) is 23.1. The average Bonchev–Trinajstić information content (AvgIpc) is 2.41. The zero-order chi connectivity index (χ0) is 13.2. The van der Waals surface area contributed by atoms with Crippen molar-refractivity contribution in [3.63, 3.8) is 0 Å². The van der Waals surface area contributed by atoms with E-state index in [1.807, 2.05) is 12.1 Å². The number of nitrogens with zero attached hydrogens (tertiary/aromatic N) is 1. The van der Waals surface area contributed by atoms with Crippen molar-refractivity contribution in [1.82, 2.24) is 5.32 Å². The van der Waals surface area contributed by atoms with E-state index < -0.39 is 0 Å². The van der Waals surface area contributed by atoms with Gasteiger partial charge in [0.1, 0.15) is 5.82 Å². The number of halogens is 1. The predicted molar refractivity (Wildman–Crippen MR) is 74.5 cm³/mol. The van der Waals surface area contributed by atoms with Gasteiger partial charge in [0.15, 0.2) is 0 Å². The second kappa shape index (κ2) is 5.27. The molecule has 0 saturated carbocycles. The number of hydrogen-bond donors (Lipinski definition) is 1. The van der Waals surface area contributed by atoms with E-state index in [1.54, 1.807) is 12.1 Å². The molecule has 0 radical (unpaired) electrons. The standard InChI is InChI=1S/C15H23FN2/c1-4-15(5-2)11-18(12(3)10-17-15)14-9-7-6-8-13(14)16/h6-9,12,17H,4-5,10-11H2,1-3H3. The molecule has 2 rings (SSSR count). The predicted octanol–water partition coefficient (Wildman–Crippen LogP) is 3.18. The molecular formula is C15H23FN2. The van der Waals surface area contributed by atoms with Crippen molar-refractivity contribution in [1.29, 1.82) is 0 Å². The third-order valence-electron chi connectivity index (χ3n) is 4.29. The van der Waals surface area contributed by atoms with Crippen LogP contribution in [0, 0.1) is 5.82 Å². The minimum atomic E-state index is -0.118. The molecule has 1 aromatic rings. The first kappa shape index (κ1) is 13.3. The molecule has 1 unspecified atom stereocenters. The highest BCUT2D eigenvalue weighted by Gasteiger charge is 2.35. The van der Waals surface area contributed by atoms with Crippen LogP contribution in [0.5, 0.6) is 0 Å². The van der Waals surface area contributed by atoms with Gasteiger partial charge in [-0.05, 0) is 31.9 Å². The van der Waals surface area contributed by atoms with Gasteiger partial charge in [-0.25, -0.2) is 4.39 Å². The third kappa shape index (κ3) is 2.37. The van der Waals surface area contributed by atoms with Gasteiger partial charge < -0.3 is 10.2 Å². The molecule has 100 valence electrons. The van der Waals surface area contributed by atoms with Crippen LogP contribution >= 0.6 is 0 Å². The number of piperazine rings is 1. The molecule has 1 aliphatic heterocycles. The quantitative estimate of drug-likeness (QED) is 0.886. The summed E-state index contributed by atoms with van der Waals surface area (Å²) < 4.78 is 13.9. The van der Waals surface area contributed by atoms with E-state index in [0.717, 1.165) is 31.6 Å². The Morgan fingerprint density at radius 3 is 2.61 bits per heavy atom. The van der Waals surface area contributed by atoms with Gasteiger partial charge in [-0.3, -0.25) is 0 Å². The molecule has 3 heteroatoms. The van der Waals surface area contributed by atoms with Crippen molar-refractivity contribution in [3.8, 4) is 0 Å². The summed E-state index contributed by atoms with van der Waals surface area (Å²) in [7, 11) is 0. The minimum absolute atomic E-state index is 0.118. The SMILES string of the molecule is CCC1(CC)CN(c2ccccc2F)C(C)CN1. The summed E-state index contributed by atoms with van der Waals surface area (Å²) >= 11 is 0. The van der Waals surface area contributed by atoms with Gasteiger partial charge in [0.05, 0.1) is 5.69 Å². The molecule has 1 aromatic carbocycles. The van der Waals surface area contributed by atoms with Crippen LogP contribution in [0.1, 0.15) is 33.6 Å². The molecule has 1 heterocycles. The lowest BCUT2D eigenvalue weighted by atomic mass is 9.88. The van der Waals surface area contributed by atoms with Crippen LogP contribution in [-0.2, 0) is 0 Å². The fraction of sp³-hybridized carbons (Fsp3) is 0.600.